The molecule has 2 N–H and O–H groups in total. The molecular formula is C14H18N2O. The number of aryl methyl sites for hydroxylation is 1. The van der Waals surface area contributed by atoms with Gasteiger partial charge < -0.3 is 9.40 Å². The summed E-state index contributed by atoms with van der Waals surface area (Å²) in [5, 5.41) is 1.29. The van der Waals surface area contributed by atoms with Crippen LogP contribution in [0, 0.1) is 6.92 Å². The molecule has 17 heavy (non-hydrogen) atoms. The van der Waals surface area contributed by atoms with Gasteiger partial charge in [0.1, 0.15) is 0 Å². The van der Waals surface area contributed by atoms with Gasteiger partial charge in [0, 0.05) is 29.2 Å². The Morgan fingerprint density at radius 2 is 2.12 bits per heavy atom. The molecule has 1 aromatic carbocycles. The molecule has 3 nitrogen and oxygen atoms in total. The van der Waals surface area contributed by atoms with Gasteiger partial charge in [-0.05, 0) is 19.4 Å². The monoisotopic (exact) mass is 230 g/mol. The summed E-state index contributed by atoms with van der Waals surface area (Å²) < 4.78 is 2.22. The summed E-state index contributed by atoms with van der Waals surface area (Å²) in [4.78, 5) is 4.55. The molecule has 0 atom stereocenters. The molecule has 2 aromatic rings. The summed E-state index contributed by atoms with van der Waals surface area (Å²) in [6, 6.07) is 8.43. The Balaban J connectivity index is 2.39. The Morgan fingerprint density at radius 3 is 2.88 bits per heavy atom. The lowest BCUT2D eigenvalue weighted by molar-refractivity contribution is 0.143. The van der Waals surface area contributed by atoms with Crippen LogP contribution in [0.1, 0.15) is 17.7 Å². The van der Waals surface area contributed by atoms with Crippen LogP contribution in [0.4, 0.5) is 0 Å². The highest BCUT2D eigenvalue weighted by Gasteiger charge is 2.07. The summed E-state index contributed by atoms with van der Waals surface area (Å²) in [7, 11) is 2.10. The summed E-state index contributed by atoms with van der Waals surface area (Å²) in [5.74, 6) is 4.99. The second kappa shape index (κ2) is 5.17. The zero-order valence-electron chi connectivity index (χ0n) is 10.3. The van der Waals surface area contributed by atoms with Crippen LogP contribution in [0.3, 0.4) is 0 Å². The third-order valence-electron chi connectivity index (χ3n) is 3.14. The number of nitrogens with zero attached hydrogens (tertiary/aromatic N) is 1. The van der Waals surface area contributed by atoms with E-state index < -0.39 is 0 Å². The predicted molar refractivity (Wildman–Crippen MR) is 71.4 cm³/mol. The molecule has 0 aliphatic rings. The molecule has 0 radical (unpaired) electrons. The highest BCUT2D eigenvalue weighted by molar-refractivity contribution is 5.91. The highest BCUT2D eigenvalue weighted by Crippen LogP contribution is 2.25. The van der Waals surface area contributed by atoms with Gasteiger partial charge in [-0.25, -0.2) is 5.90 Å². The van der Waals surface area contributed by atoms with E-state index in [4.69, 9.17) is 5.90 Å². The van der Waals surface area contributed by atoms with Gasteiger partial charge in [-0.3, -0.25) is 0 Å². The number of rotatable bonds is 4. The van der Waals surface area contributed by atoms with Crippen molar-refractivity contribution in [2.45, 2.75) is 13.3 Å². The van der Waals surface area contributed by atoms with E-state index in [1.165, 1.54) is 22.2 Å². The van der Waals surface area contributed by atoms with Gasteiger partial charge in [0.15, 0.2) is 0 Å². The third-order valence-corrected chi connectivity index (χ3v) is 3.14. The first-order chi connectivity index (χ1) is 8.25. The lowest BCUT2D eigenvalue weighted by Gasteiger charge is -1.97. The molecule has 0 saturated heterocycles. The van der Waals surface area contributed by atoms with Crippen molar-refractivity contribution in [1.82, 2.24) is 4.57 Å². The van der Waals surface area contributed by atoms with Crippen LogP contribution >= 0.6 is 0 Å². The maximum Gasteiger partial charge on any atom is 0.0713 e. The van der Waals surface area contributed by atoms with Gasteiger partial charge in [-0.1, -0.05) is 30.4 Å². The van der Waals surface area contributed by atoms with Gasteiger partial charge >= 0.3 is 0 Å². The number of hydrogen-bond donors (Lipinski definition) is 1. The summed E-state index contributed by atoms with van der Waals surface area (Å²) in [6.45, 7) is 2.69. The Kier molecular flexibility index (Phi) is 3.61. The molecule has 1 aromatic heterocycles. The van der Waals surface area contributed by atoms with Crippen molar-refractivity contribution in [3.8, 4) is 0 Å². The van der Waals surface area contributed by atoms with Crippen LogP contribution in [0.15, 0.2) is 30.3 Å². The Bertz CT molecular complexity index is 540. The molecule has 0 saturated carbocycles. The molecule has 0 bridgehead atoms. The lowest BCUT2D eigenvalue weighted by Crippen LogP contribution is -1.98. The van der Waals surface area contributed by atoms with E-state index in [1.54, 1.807) is 0 Å². The van der Waals surface area contributed by atoms with Gasteiger partial charge in [0.05, 0.1) is 6.61 Å². The van der Waals surface area contributed by atoms with Gasteiger partial charge in [0.2, 0.25) is 0 Å². The molecule has 0 unspecified atom stereocenters. The smallest absolute Gasteiger partial charge is 0.0713 e. The fraction of sp³-hybridized carbons (Fsp3) is 0.286. The first-order valence-corrected chi connectivity index (χ1v) is 5.78. The molecule has 0 spiro atoms. The van der Waals surface area contributed by atoms with Crippen LogP contribution in [0.5, 0.6) is 0 Å². The average molecular weight is 230 g/mol. The third kappa shape index (κ3) is 2.25. The first kappa shape index (κ1) is 11.9. The van der Waals surface area contributed by atoms with E-state index in [1.807, 2.05) is 0 Å². The maximum atomic E-state index is 4.99. The minimum Gasteiger partial charge on any atom is -0.347 e. The van der Waals surface area contributed by atoms with E-state index in [-0.39, 0.29) is 0 Å². The van der Waals surface area contributed by atoms with E-state index in [0.717, 1.165) is 6.42 Å². The number of hydrogen-bond acceptors (Lipinski definition) is 2. The molecule has 90 valence electrons. The molecule has 0 amide bonds. The van der Waals surface area contributed by atoms with Crippen LogP contribution in [-0.4, -0.2) is 11.2 Å². The van der Waals surface area contributed by atoms with E-state index in [9.17, 15) is 0 Å². The Labute approximate surface area is 101 Å². The zero-order chi connectivity index (χ0) is 12.3. The molecule has 0 fully saturated rings. The van der Waals surface area contributed by atoms with Crippen LogP contribution < -0.4 is 5.90 Å². The largest absolute Gasteiger partial charge is 0.347 e. The van der Waals surface area contributed by atoms with Crippen LogP contribution in [0.25, 0.3) is 17.0 Å². The zero-order valence-corrected chi connectivity index (χ0v) is 10.3. The van der Waals surface area contributed by atoms with Crippen LogP contribution in [-0.2, 0) is 11.9 Å². The fourth-order valence-corrected chi connectivity index (χ4v) is 2.10. The minimum absolute atomic E-state index is 0.556. The Hall–Kier alpha value is -1.58. The summed E-state index contributed by atoms with van der Waals surface area (Å²) >= 11 is 0. The quantitative estimate of drug-likeness (QED) is 0.648. The van der Waals surface area contributed by atoms with Crippen molar-refractivity contribution < 1.29 is 4.84 Å². The minimum atomic E-state index is 0.556. The van der Waals surface area contributed by atoms with Crippen molar-refractivity contribution in [3.63, 3.8) is 0 Å². The first-order valence-electron chi connectivity index (χ1n) is 5.78. The second-order valence-electron chi connectivity index (χ2n) is 4.14. The second-order valence-corrected chi connectivity index (χ2v) is 4.14. The van der Waals surface area contributed by atoms with Crippen molar-refractivity contribution in [2.75, 3.05) is 6.61 Å². The topological polar surface area (TPSA) is 40.2 Å². The Morgan fingerprint density at radius 1 is 1.35 bits per heavy atom. The molecular weight excluding hydrogens is 212 g/mol. The number of aromatic nitrogens is 1. The number of benzene rings is 1. The van der Waals surface area contributed by atoms with Gasteiger partial charge in [-0.2, -0.15) is 0 Å². The van der Waals surface area contributed by atoms with Crippen LogP contribution in [0.2, 0.25) is 0 Å². The van der Waals surface area contributed by atoms with Crippen molar-refractivity contribution in [3.05, 3.63) is 41.6 Å². The van der Waals surface area contributed by atoms with E-state index in [2.05, 4.69) is 59.8 Å². The molecule has 1 heterocycles. The van der Waals surface area contributed by atoms with E-state index in [0.29, 0.717) is 6.61 Å². The number of fused-ring (bicyclic) bond motifs is 1. The maximum absolute atomic E-state index is 4.99. The van der Waals surface area contributed by atoms with E-state index >= 15 is 0 Å². The van der Waals surface area contributed by atoms with Crippen molar-refractivity contribution >= 4 is 17.0 Å². The fourth-order valence-electron chi connectivity index (χ4n) is 2.10. The van der Waals surface area contributed by atoms with Crippen molar-refractivity contribution in [2.24, 2.45) is 12.9 Å². The number of para-hydroxylation sites is 1. The highest BCUT2D eigenvalue weighted by atomic mass is 16.6. The van der Waals surface area contributed by atoms with Gasteiger partial charge in [0.25, 0.3) is 0 Å². The molecule has 3 heteroatoms. The SMILES string of the molecule is Cc1c(/C=C/CCON)c2ccccc2n1C. The summed E-state index contributed by atoms with van der Waals surface area (Å²) in [6.07, 6.45) is 5.08. The predicted octanol–water partition coefficient (Wildman–Crippen LogP) is 2.78. The molecule has 2 rings (SSSR count). The standard InChI is InChI=1S/C14H18N2O/c1-11-12(7-5-6-10-17-15)13-8-3-4-9-14(13)16(11)2/h3-5,7-9H,6,10,15H2,1-2H3/b7-5+. The molecule has 0 aliphatic heterocycles. The summed E-state index contributed by atoms with van der Waals surface area (Å²) in [5.41, 5.74) is 3.82. The van der Waals surface area contributed by atoms with Gasteiger partial charge in [-0.15, -0.1) is 0 Å². The normalized spacial score (nSPS) is 11.7. The molecule has 0 aliphatic carbocycles. The number of nitrogens with two attached hydrogens (primary N) is 1. The lowest BCUT2D eigenvalue weighted by atomic mass is 10.1. The van der Waals surface area contributed by atoms with Crippen molar-refractivity contribution in [1.29, 1.82) is 0 Å². The average Bonchev–Trinajstić information content (AvgIpc) is 2.60.